The molecule has 0 spiro atoms. The van der Waals surface area contributed by atoms with Crippen molar-refractivity contribution in [3.05, 3.63) is 52.7 Å². The number of fused-ring (bicyclic) bond motifs is 1. The fourth-order valence-electron chi connectivity index (χ4n) is 5.16. The molecule has 0 bridgehead atoms. The van der Waals surface area contributed by atoms with Gasteiger partial charge < -0.3 is 9.80 Å². The predicted octanol–water partition coefficient (Wildman–Crippen LogP) is 4.38. The summed E-state index contributed by atoms with van der Waals surface area (Å²) in [5.74, 6) is 2.49. The Morgan fingerprint density at radius 2 is 1.87 bits per heavy atom. The second kappa shape index (κ2) is 8.56. The van der Waals surface area contributed by atoms with E-state index < -0.39 is 0 Å². The number of hydrogen-bond acceptors (Lipinski definition) is 4. The highest BCUT2D eigenvalue weighted by Gasteiger charge is 2.34. The number of aryl methyl sites for hydroxylation is 1. The van der Waals surface area contributed by atoms with Crippen molar-refractivity contribution in [1.29, 1.82) is 0 Å². The Kier molecular flexibility index (Phi) is 5.63. The summed E-state index contributed by atoms with van der Waals surface area (Å²) < 4.78 is 13.3. The molecule has 1 amide bonds. The van der Waals surface area contributed by atoms with Gasteiger partial charge in [0.1, 0.15) is 17.5 Å². The van der Waals surface area contributed by atoms with Crippen LogP contribution in [0.2, 0.25) is 0 Å². The summed E-state index contributed by atoms with van der Waals surface area (Å²) in [5, 5.41) is 0. The van der Waals surface area contributed by atoms with Crippen LogP contribution in [0.4, 0.5) is 10.2 Å². The first-order chi connectivity index (χ1) is 15.1. The quantitative estimate of drug-likeness (QED) is 0.734. The molecule has 6 heteroatoms. The first-order valence-electron chi connectivity index (χ1n) is 11.7. The number of piperidine rings is 1. The summed E-state index contributed by atoms with van der Waals surface area (Å²) in [7, 11) is 0. The molecule has 1 saturated heterocycles. The van der Waals surface area contributed by atoms with Gasteiger partial charge in [-0.05, 0) is 63.1 Å². The molecule has 5 rings (SSSR count). The first-order valence-corrected chi connectivity index (χ1v) is 11.7. The third-order valence-electron chi connectivity index (χ3n) is 7.20. The van der Waals surface area contributed by atoms with Crippen LogP contribution in [0.25, 0.3) is 0 Å². The van der Waals surface area contributed by atoms with Gasteiger partial charge in [0.2, 0.25) is 5.91 Å². The minimum atomic E-state index is -0.207. The lowest BCUT2D eigenvalue weighted by Gasteiger charge is -2.37. The number of halogens is 1. The summed E-state index contributed by atoms with van der Waals surface area (Å²) in [6, 6.07) is 6.74. The number of carbonyl (C=O) groups excluding carboxylic acids is 1. The number of likely N-dealkylation sites (tertiary alicyclic amines) is 1. The minimum Gasteiger partial charge on any atom is -0.352 e. The second-order valence-electron chi connectivity index (χ2n) is 9.37. The highest BCUT2D eigenvalue weighted by molar-refractivity contribution is 5.79. The lowest BCUT2D eigenvalue weighted by atomic mass is 9.83. The van der Waals surface area contributed by atoms with E-state index in [4.69, 9.17) is 9.97 Å². The number of amides is 1. The summed E-state index contributed by atoms with van der Waals surface area (Å²) in [6.07, 6.45) is 7.40. The fourth-order valence-corrected chi connectivity index (χ4v) is 5.16. The maximum absolute atomic E-state index is 13.3. The molecule has 1 saturated carbocycles. The van der Waals surface area contributed by atoms with Crippen LogP contribution in [0.1, 0.15) is 67.1 Å². The van der Waals surface area contributed by atoms with E-state index >= 15 is 0 Å². The van der Waals surface area contributed by atoms with Gasteiger partial charge in [0.25, 0.3) is 0 Å². The monoisotopic (exact) mass is 422 g/mol. The number of rotatable bonds is 4. The van der Waals surface area contributed by atoms with Crippen LogP contribution in [0.5, 0.6) is 0 Å². The second-order valence-corrected chi connectivity index (χ2v) is 9.37. The number of anilines is 1. The van der Waals surface area contributed by atoms with Crippen molar-refractivity contribution in [2.75, 3.05) is 24.5 Å². The van der Waals surface area contributed by atoms with Gasteiger partial charge in [0.05, 0.1) is 0 Å². The van der Waals surface area contributed by atoms with Gasteiger partial charge in [0, 0.05) is 49.3 Å². The zero-order valence-corrected chi connectivity index (χ0v) is 18.3. The molecule has 2 aromatic rings. The van der Waals surface area contributed by atoms with E-state index in [0.717, 1.165) is 87.6 Å². The molecular weight excluding hydrogens is 391 g/mol. The Morgan fingerprint density at radius 1 is 1.06 bits per heavy atom. The third-order valence-corrected chi connectivity index (χ3v) is 7.20. The van der Waals surface area contributed by atoms with Crippen LogP contribution in [0.3, 0.4) is 0 Å². The van der Waals surface area contributed by atoms with Crippen molar-refractivity contribution in [2.45, 2.75) is 64.3 Å². The Bertz CT molecular complexity index is 957. The molecule has 1 unspecified atom stereocenters. The van der Waals surface area contributed by atoms with Gasteiger partial charge in [-0.2, -0.15) is 0 Å². The van der Waals surface area contributed by atoms with Crippen LogP contribution in [-0.4, -0.2) is 40.4 Å². The Hall–Kier alpha value is -2.50. The SMILES string of the molecule is Cc1nc(C2CCCN(C(=O)C3CCC3)C2)nc2c1CCCN2Cc1ccc(F)cc1. The maximum Gasteiger partial charge on any atom is 0.225 e. The number of hydrogen-bond donors (Lipinski definition) is 0. The molecule has 164 valence electrons. The Morgan fingerprint density at radius 3 is 2.61 bits per heavy atom. The van der Waals surface area contributed by atoms with Crippen molar-refractivity contribution in [3.8, 4) is 0 Å². The Labute approximate surface area is 183 Å². The van der Waals surface area contributed by atoms with Gasteiger partial charge in [0.15, 0.2) is 0 Å². The maximum atomic E-state index is 13.3. The van der Waals surface area contributed by atoms with Gasteiger partial charge in [-0.25, -0.2) is 14.4 Å². The van der Waals surface area contributed by atoms with Crippen LogP contribution in [-0.2, 0) is 17.8 Å². The standard InChI is InChI=1S/C25H31FN4O/c1-17-22-8-4-13-29(15-18-9-11-21(26)12-10-18)24(22)28-23(27-17)20-7-3-14-30(16-20)25(31)19-5-2-6-19/h9-12,19-20H,2-8,13-16H2,1H3. The molecule has 1 aliphatic carbocycles. The highest BCUT2D eigenvalue weighted by Crippen LogP contribution is 2.34. The summed E-state index contributed by atoms with van der Waals surface area (Å²) >= 11 is 0. The van der Waals surface area contributed by atoms with Crippen molar-refractivity contribution in [3.63, 3.8) is 0 Å². The molecule has 31 heavy (non-hydrogen) atoms. The molecule has 2 aliphatic heterocycles. The summed E-state index contributed by atoms with van der Waals surface area (Å²) in [6.45, 7) is 5.36. The molecule has 3 aliphatic rings. The van der Waals surface area contributed by atoms with Crippen LogP contribution in [0, 0.1) is 18.7 Å². The number of benzene rings is 1. The molecule has 3 heterocycles. The minimum absolute atomic E-state index is 0.205. The average Bonchev–Trinajstić information content (AvgIpc) is 2.74. The van der Waals surface area contributed by atoms with Crippen LogP contribution in [0.15, 0.2) is 24.3 Å². The molecule has 1 aromatic carbocycles. The van der Waals surface area contributed by atoms with E-state index in [2.05, 4.69) is 16.7 Å². The van der Waals surface area contributed by atoms with E-state index in [1.165, 1.54) is 24.1 Å². The Balaban J connectivity index is 1.38. The zero-order valence-electron chi connectivity index (χ0n) is 18.3. The van der Waals surface area contributed by atoms with Crippen molar-refractivity contribution < 1.29 is 9.18 Å². The summed E-state index contributed by atoms with van der Waals surface area (Å²) in [5.41, 5.74) is 3.38. The number of nitrogens with zero attached hydrogens (tertiary/aromatic N) is 4. The lowest BCUT2D eigenvalue weighted by Crippen LogP contribution is -2.44. The largest absolute Gasteiger partial charge is 0.352 e. The molecule has 2 fully saturated rings. The van der Waals surface area contributed by atoms with E-state index in [-0.39, 0.29) is 17.7 Å². The van der Waals surface area contributed by atoms with Crippen LogP contribution >= 0.6 is 0 Å². The normalized spacial score (nSPS) is 21.5. The predicted molar refractivity (Wildman–Crippen MR) is 118 cm³/mol. The van der Waals surface area contributed by atoms with E-state index in [1.54, 1.807) is 0 Å². The van der Waals surface area contributed by atoms with E-state index in [9.17, 15) is 9.18 Å². The average molecular weight is 423 g/mol. The van der Waals surface area contributed by atoms with Crippen molar-refractivity contribution >= 4 is 11.7 Å². The van der Waals surface area contributed by atoms with Gasteiger partial charge in [-0.15, -0.1) is 0 Å². The highest BCUT2D eigenvalue weighted by atomic mass is 19.1. The van der Waals surface area contributed by atoms with Gasteiger partial charge >= 0.3 is 0 Å². The topological polar surface area (TPSA) is 49.3 Å². The fraction of sp³-hybridized carbons (Fsp3) is 0.560. The third kappa shape index (κ3) is 4.17. The molecule has 0 radical (unpaired) electrons. The smallest absolute Gasteiger partial charge is 0.225 e. The number of carbonyl (C=O) groups is 1. The molecular formula is C25H31FN4O. The first kappa shape index (κ1) is 20.4. The molecule has 5 nitrogen and oxygen atoms in total. The summed E-state index contributed by atoms with van der Waals surface area (Å²) in [4.78, 5) is 27.1. The zero-order chi connectivity index (χ0) is 21.4. The van der Waals surface area contributed by atoms with Gasteiger partial charge in [-0.1, -0.05) is 18.6 Å². The number of aromatic nitrogens is 2. The molecule has 1 aromatic heterocycles. The van der Waals surface area contributed by atoms with Crippen LogP contribution < -0.4 is 4.90 Å². The van der Waals surface area contributed by atoms with E-state index in [0.29, 0.717) is 5.91 Å². The molecule has 1 atom stereocenters. The molecule has 0 N–H and O–H groups in total. The lowest BCUT2D eigenvalue weighted by molar-refractivity contribution is -0.139. The van der Waals surface area contributed by atoms with Crippen molar-refractivity contribution in [2.24, 2.45) is 5.92 Å². The van der Waals surface area contributed by atoms with E-state index in [1.807, 2.05) is 12.1 Å². The van der Waals surface area contributed by atoms with Crippen molar-refractivity contribution in [1.82, 2.24) is 14.9 Å². The van der Waals surface area contributed by atoms with Gasteiger partial charge in [-0.3, -0.25) is 4.79 Å².